The molecule has 2 aliphatic rings. The molecule has 0 bridgehead atoms. The largest absolute Gasteiger partial charge is 0.465 e. The van der Waals surface area contributed by atoms with Gasteiger partial charge in [-0.15, -0.1) is 0 Å². The van der Waals surface area contributed by atoms with Crippen LogP contribution < -0.4 is 10.1 Å². The molecule has 0 saturated carbocycles. The quantitative estimate of drug-likeness (QED) is 0.126. The summed E-state index contributed by atoms with van der Waals surface area (Å²) < 4.78 is 63.1. The summed E-state index contributed by atoms with van der Waals surface area (Å²) in [4.78, 5) is 56.7. The van der Waals surface area contributed by atoms with E-state index in [4.69, 9.17) is 13.9 Å². The lowest BCUT2D eigenvalue weighted by molar-refractivity contribution is -0.134. The smallest absolute Gasteiger partial charge is 0.417 e. The molecule has 2 aliphatic heterocycles. The Balaban J connectivity index is 1.40. The van der Waals surface area contributed by atoms with Gasteiger partial charge in [-0.1, -0.05) is 69.3 Å². The zero-order valence-corrected chi connectivity index (χ0v) is 35.8. The first kappa shape index (κ1) is 44.7. The predicted molar refractivity (Wildman–Crippen MR) is 224 cm³/mol. The standard InChI is InChI=1S/C45H51F3N4O8Si/c1-45(2,3)61(4,5)60-39(30-11-13-31(46)14-12-30)22-21-36(41(53)52-38(28-58-44(52)57)29-9-7-6-8-10-29)40(49-33-17-15-32(47)16-18-33)35-20-19-34(27-37(35)48)59-43(56)51-25-23-50(24-26-51)42(54)55/h6-20,27,36,38-40,49H,21-26,28H2,1-5H3,(H,54,55)/t36-,38-,39+,40-/m1/s1. The van der Waals surface area contributed by atoms with Gasteiger partial charge >= 0.3 is 18.3 Å². The lowest BCUT2D eigenvalue weighted by Crippen LogP contribution is -2.51. The third kappa shape index (κ3) is 10.7. The van der Waals surface area contributed by atoms with E-state index in [-0.39, 0.29) is 62.0 Å². The molecule has 324 valence electrons. The monoisotopic (exact) mass is 860 g/mol. The third-order valence-corrected chi connectivity index (χ3v) is 16.2. The molecule has 16 heteroatoms. The molecule has 2 fully saturated rings. The first-order chi connectivity index (χ1) is 28.9. The number of imide groups is 1. The summed E-state index contributed by atoms with van der Waals surface area (Å²) >= 11 is 0. The third-order valence-electron chi connectivity index (χ3n) is 11.7. The van der Waals surface area contributed by atoms with Gasteiger partial charge in [0.1, 0.15) is 35.8 Å². The maximum atomic E-state index is 16.7. The van der Waals surface area contributed by atoms with Gasteiger partial charge in [0.05, 0.1) is 18.1 Å². The molecular formula is C45H51F3N4O8Si. The fraction of sp³-hybridized carbons (Fsp3) is 0.378. The van der Waals surface area contributed by atoms with Gasteiger partial charge in [0.25, 0.3) is 0 Å². The number of benzene rings is 4. The fourth-order valence-electron chi connectivity index (χ4n) is 7.22. The number of anilines is 1. The van der Waals surface area contributed by atoms with Crippen LogP contribution in [-0.2, 0) is 14.0 Å². The van der Waals surface area contributed by atoms with Gasteiger partial charge in [-0.3, -0.25) is 4.79 Å². The number of nitrogens with zero attached hydrogens (tertiary/aromatic N) is 3. The van der Waals surface area contributed by atoms with Crippen LogP contribution in [0.2, 0.25) is 18.1 Å². The molecule has 2 heterocycles. The average molecular weight is 861 g/mol. The summed E-state index contributed by atoms with van der Waals surface area (Å²) in [6.07, 6.45) is -3.21. The van der Waals surface area contributed by atoms with E-state index in [9.17, 15) is 28.3 Å². The van der Waals surface area contributed by atoms with Crippen molar-refractivity contribution in [2.75, 3.05) is 38.1 Å². The lowest BCUT2D eigenvalue weighted by Gasteiger charge is -2.40. The normalized spacial score (nSPS) is 17.3. The van der Waals surface area contributed by atoms with E-state index in [2.05, 4.69) is 39.2 Å². The summed E-state index contributed by atoms with van der Waals surface area (Å²) in [5.74, 6) is -3.82. The number of rotatable bonds is 13. The molecule has 0 radical (unpaired) electrons. The van der Waals surface area contributed by atoms with Gasteiger partial charge < -0.3 is 34.1 Å². The minimum Gasteiger partial charge on any atom is -0.465 e. The molecule has 0 spiro atoms. The number of amides is 4. The molecule has 4 aromatic rings. The fourth-order valence-corrected chi connectivity index (χ4v) is 8.54. The molecule has 6 rings (SSSR count). The second-order valence-electron chi connectivity index (χ2n) is 16.8. The maximum absolute atomic E-state index is 16.7. The summed E-state index contributed by atoms with van der Waals surface area (Å²) in [6, 6.07) is 21.9. The Morgan fingerprint density at radius 1 is 0.852 bits per heavy atom. The summed E-state index contributed by atoms with van der Waals surface area (Å²) in [7, 11) is -2.51. The highest BCUT2D eigenvalue weighted by Gasteiger charge is 2.46. The van der Waals surface area contributed by atoms with Gasteiger partial charge in [-0.25, -0.2) is 32.5 Å². The van der Waals surface area contributed by atoms with E-state index in [0.29, 0.717) is 16.8 Å². The second-order valence-corrected chi connectivity index (χ2v) is 21.5. The summed E-state index contributed by atoms with van der Waals surface area (Å²) in [5.41, 5.74) is 1.64. The number of hydrogen-bond acceptors (Lipinski definition) is 8. The highest BCUT2D eigenvalue weighted by Crippen LogP contribution is 2.43. The maximum Gasteiger partial charge on any atom is 0.417 e. The van der Waals surface area contributed by atoms with Crippen molar-refractivity contribution in [1.29, 1.82) is 0 Å². The number of nitrogens with one attached hydrogen (secondary N) is 1. The van der Waals surface area contributed by atoms with E-state index in [1.807, 2.05) is 0 Å². The van der Waals surface area contributed by atoms with Gasteiger partial charge in [-0.05, 0) is 84.6 Å². The van der Waals surface area contributed by atoms with Crippen LogP contribution >= 0.6 is 0 Å². The molecule has 0 aromatic heterocycles. The van der Waals surface area contributed by atoms with Crippen molar-refractivity contribution in [2.24, 2.45) is 5.92 Å². The zero-order valence-electron chi connectivity index (χ0n) is 34.8. The van der Waals surface area contributed by atoms with Crippen LogP contribution in [0, 0.1) is 23.4 Å². The van der Waals surface area contributed by atoms with Crippen molar-refractivity contribution < 1.29 is 51.4 Å². The molecule has 2 saturated heterocycles. The number of piperazine rings is 1. The lowest BCUT2D eigenvalue weighted by atomic mass is 9.85. The van der Waals surface area contributed by atoms with E-state index < -0.39 is 74.1 Å². The Kier molecular flexibility index (Phi) is 13.8. The number of ether oxygens (including phenoxy) is 2. The van der Waals surface area contributed by atoms with Crippen LogP contribution in [0.1, 0.15) is 68.5 Å². The Hall–Kier alpha value is -5.87. The van der Waals surface area contributed by atoms with Crippen molar-refractivity contribution in [1.82, 2.24) is 14.7 Å². The van der Waals surface area contributed by atoms with Gasteiger partial charge in [0, 0.05) is 43.5 Å². The molecule has 4 atom stereocenters. The number of carbonyl (C=O) groups is 4. The summed E-state index contributed by atoms with van der Waals surface area (Å²) in [6.45, 7) is 10.6. The second kappa shape index (κ2) is 18.8. The van der Waals surface area contributed by atoms with Crippen LogP contribution in [0.4, 0.5) is 33.2 Å². The number of cyclic esters (lactones) is 1. The van der Waals surface area contributed by atoms with Gasteiger partial charge in [0.15, 0.2) is 8.32 Å². The van der Waals surface area contributed by atoms with Crippen molar-refractivity contribution >= 4 is 38.2 Å². The van der Waals surface area contributed by atoms with Crippen molar-refractivity contribution in [3.05, 3.63) is 131 Å². The SMILES string of the molecule is CC(C)(C)[Si](C)(C)O[C@@H](CC[C@@H](C(=O)N1C(=O)OC[C@@H]1c1ccccc1)[C@H](Nc1ccc(F)cc1)c1ccc(OC(=O)N2CCN(C(=O)O)CC2)cc1F)c1ccc(F)cc1. The first-order valence-corrected chi connectivity index (χ1v) is 23.1. The molecule has 2 N–H and O–H groups in total. The van der Waals surface area contributed by atoms with E-state index in [0.717, 1.165) is 11.0 Å². The van der Waals surface area contributed by atoms with Gasteiger partial charge in [-0.2, -0.15) is 0 Å². The van der Waals surface area contributed by atoms with Crippen molar-refractivity contribution in [3.8, 4) is 5.75 Å². The Morgan fingerprint density at radius 2 is 1.46 bits per heavy atom. The van der Waals surface area contributed by atoms with Crippen LogP contribution in [0.25, 0.3) is 0 Å². The highest BCUT2D eigenvalue weighted by molar-refractivity contribution is 6.74. The number of halogens is 3. The minimum atomic E-state index is -2.51. The Labute approximate surface area is 354 Å². The van der Waals surface area contributed by atoms with Gasteiger partial charge in [0.2, 0.25) is 5.91 Å². The van der Waals surface area contributed by atoms with E-state index >= 15 is 9.18 Å². The van der Waals surface area contributed by atoms with Crippen molar-refractivity contribution in [2.45, 2.75) is 69.9 Å². The number of carboxylic acid groups (broad SMARTS) is 1. The Morgan fingerprint density at radius 3 is 2.05 bits per heavy atom. The molecular weight excluding hydrogens is 810 g/mol. The Bertz CT molecular complexity index is 2180. The predicted octanol–water partition coefficient (Wildman–Crippen LogP) is 9.93. The average Bonchev–Trinajstić information content (AvgIpc) is 3.62. The summed E-state index contributed by atoms with van der Waals surface area (Å²) in [5, 5.41) is 12.3. The molecule has 0 aliphatic carbocycles. The van der Waals surface area contributed by atoms with Crippen molar-refractivity contribution in [3.63, 3.8) is 0 Å². The number of hydrogen-bond donors (Lipinski definition) is 2. The van der Waals surface area contributed by atoms with Crippen LogP contribution in [0.5, 0.6) is 5.75 Å². The molecule has 12 nitrogen and oxygen atoms in total. The van der Waals surface area contributed by atoms with Crippen LogP contribution in [-0.4, -0.2) is 85.1 Å². The number of carbonyl (C=O) groups excluding carboxylic acids is 3. The van der Waals surface area contributed by atoms with Crippen LogP contribution in [0.3, 0.4) is 0 Å². The topological polar surface area (TPSA) is 138 Å². The molecule has 0 unspecified atom stereocenters. The molecule has 4 aromatic carbocycles. The molecule has 4 amide bonds. The zero-order chi connectivity index (χ0) is 44.1. The minimum absolute atomic E-state index is 0.0121. The highest BCUT2D eigenvalue weighted by atomic mass is 28.4. The van der Waals surface area contributed by atoms with E-state index in [1.54, 1.807) is 42.5 Å². The van der Waals surface area contributed by atoms with Crippen LogP contribution in [0.15, 0.2) is 97.1 Å². The first-order valence-electron chi connectivity index (χ1n) is 20.2. The van der Waals surface area contributed by atoms with E-state index in [1.165, 1.54) is 58.3 Å². The molecule has 61 heavy (non-hydrogen) atoms.